The second-order valence-corrected chi connectivity index (χ2v) is 8.31. The van der Waals surface area contributed by atoms with Gasteiger partial charge in [0.15, 0.2) is 0 Å². The van der Waals surface area contributed by atoms with E-state index in [2.05, 4.69) is 5.10 Å². The van der Waals surface area contributed by atoms with E-state index in [1.165, 1.54) is 4.68 Å². The van der Waals surface area contributed by atoms with Crippen LogP contribution in [0.1, 0.15) is 22.4 Å². The number of ether oxygens (including phenoxy) is 1. The van der Waals surface area contributed by atoms with Gasteiger partial charge in [0.2, 0.25) is 0 Å². The van der Waals surface area contributed by atoms with E-state index in [4.69, 9.17) is 21.3 Å². The van der Waals surface area contributed by atoms with Crippen LogP contribution in [0.2, 0.25) is 5.02 Å². The highest BCUT2D eigenvalue weighted by atomic mass is 35.5. The number of nitrogens with zero attached hydrogens (tertiary/aromatic N) is 2. The van der Waals surface area contributed by atoms with E-state index in [1.54, 1.807) is 31.4 Å². The number of rotatable bonds is 9. The number of aromatic amines is 1. The second-order valence-electron chi connectivity index (χ2n) is 7.90. The molecule has 8 heteroatoms. The van der Waals surface area contributed by atoms with Gasteiger partial charge in [0.1, 0.15) is 5.75 Å². The van der Waals surface area contributed by atoms with E-state index in [9.17, 15) is 14.7 Å². The molecule has 4 rings (SSSR count). The molecule has 0 aliphatic rings. The van der Waals surface area contributed by atoms with Gasteiger partial charge in [-0.3, -0.25) is 19.7 Å². The van der Waals surface area contributed by atoms with Crippen molar-refractivity contribution in [2.75, 3.05) is 7.11 Å². The molecule has 0 unspecified atom stereocenters. The summed E-state index contributed by atoms with van der Waals surface area (Å²) in [7, 11) is 1.59. The zero-order valence-corrected chi connectivity index (χ0v) is 19.8. The molecule has 0 radical (unpaired) electrons. The van der Waals surface area contributed by atoms with Crippen LogP contribution in [0.4, 0.5) is 0 Å². The van der Waals surface area contributed by atoms with Gasteiger partial charge in [0, 0.05) is 6.42 Å². The van der Waals surface area contributed by atoms with E-state index in [0.29, 0.717) is 35.1 Å². The molecule has 2 N–H and O–H groups in total. The van der Waals surface area contributed by atoms with Crippen molar-refractivity contribution in [1.29, 1.82) is 0 Å². The molecule has 0 saturated carbocycles. The van der Waals surface area contributed by atoms with Gasteiger partial charge >= 0.3 is 5.97 Å². The summed E-state index contributed by atoms with van der Waals surface area (Å²) in [4.78, 5) is 30.1. The molecule has 0 amide bonds. The third-order valence-electron chi connectivity index (χ3n) is 5.50. The minimum Gasteiger partial charge on any atom is -0.497 e. The second kappa shape index (κ2) is 10.9. The zero-order valence-electron chi connectivity index (χ0n) is 19.1. The molecule has 0 spiro atoms. The van der Waals surface area contributed by atoms with Crippen molar-refractivity contribution in [2.45, 2.75) is 19.4 Å². The molecule has 178 valence electrons. The maximum absolute atomic E-state index is 13.6. The molecule has 0 atom stereocenters. The van der Waals surface area contributed by atoms with E-state index >= 15 is 0 Å². The fourth-order valence-electron chi connectivity index (χ4n) is 3.79. The Hall–Kier alpha value is -4.10. The third kappa shape index (κ3) is 5.70. The first-order chi connectivity index (χ1) is 17.0. The lowest BCUT2D eigenvalue weighted by Crippen LogP contribution is -2.23. The molecule has 0 saturated heterocycles. The number of aromatic nitrogens is 2. The number of halogens is 1. The summed E-state index contributed by atoms with van der Waals surface area (Å²) in [6.45, 7) is 0.343. The molecule has 7 nitrogen and oxygen atoms in total. The van der Waals surface area contributed by atoms with Gasteiger partial charge in [0.05, 0.1) is 47.8 Å². The number of hydrogen-bond acceptors (Lipinski definition) is 4. The number of carboxylic acid groups (broad SMARTS) is 1. The summed E-state index contributed by atoms with van der Waals surface area (Å²) in [5.74, 6) is -0.350. The molecule has 1 aromatic heterocycles. The maximum Gasteiger partial charge on any atom is 0.309 e. The number of carbonyl (C=O) groups is 1. The first-order valence-electron chi connectivity index (χ1n) is 11.0. The largest absolute Gasteiger partial charge is 0.497 e. The number of aliphatic imine (C=N–C) groups is 1. The summed E-state index contributed by atoms with van der Waals surface area (Å²) in [5.41, 5.74) is 2.90. The predicted octanol–water partition coefficient (Wildman–Crippen LogP) is 4.69. The van der Waals surface area contributed by atoms with Crippen LogP contribution in [0.25, 0.3) is 5.69 Å². The van der Waals surface area contributed by atoms with Gasteiger partial charge in [-0.25, -0.2) is 4.68 Å². The van der Waals surface area contributed by atoms with Crippen molar-refractivity contribution >= 4 is 23.3 Å². The minimum absolute atomic E-state index is 0.235. The van der Waals surface area contributed by atoms with Crippen LogP contribution in [0.15, 0.2) is 88.6 Å². The van der Waals surface area contributed by atoms with Crippen LogP contribution in [-0.4, -0.2) is 33.7 Å². The molecular formula is C27H24ClN3O4. The summed E-state index contributed by atoms with van der Waals surface area (Å²) in [6, 6.07) is 24.0. The van der Waals surface area contributed by atoms with E-state index < -0.39 is 11.5 Å². The number of nitrogens with one attached hydrogen (secondary N) is 1. The molecule has 1 heterocycles. The highest BCUT2D eigenvalue weighted by molar-refractivity contribution is 6.32. The number of para-hydroxylation sites is 1. The lowest BCUT2D eigenvalue weighted by molar-refractivity contribution is -0.136. The van der Waals surface area contributed by atoms with Crippen LogP contribution in [0, 0.1) is 0 Å². The molecule has 0 fully saturated rings. The summed E-state index contributed by atoms with van der Waals surface area (Å²) < 4.78 is 6.52. The Balaban J connectivity index is 1.85. The third-order valence-corrected chi connectivity index (χ3v) is 5.82. The standard InChI is InChI=1S/C27H24ClN3O4/c1-35-20-13-11-18(12-14-20)15-22(29-17-19-7-3-2-4-8-19)26-23(16-25(32)33)30-31(27(26)34)24-10-6-5-9-21(24)28/h2-14,30H,15-17H2,1H3,(H,32,33). The molecule has 4 aromatic rings. The van der Waals surface area contributed by atoms with Crippen LogP contribution in [-0.2, 0) is 24.2 Å². The van der Waals surface area contributed by atoms with Crippen molar-refractivity contribution in [3.63, 3.8) is 0 Å². The average molecular weight is 490 g/mol. The number of H-pyrrole nitrogens is 1. The molecule has 0 bridgehead atoms. The highest BCUT2D eigenvalue weighted by Crippen LogP contribution is 2.20. The van der Waals surface area contributed by atoms with E-state index in [0.717, 1.165) is 11.1 Å². The summed E-state index contributed by atoms with van der Waals surface area (Å²) in [5, 5.41) is 12.9. The Morgan fingerprint density at radius 3 is 2.31 bits per heavy atom. The smallest absolute Gasteiger partial charge is 0.309 e. The minimum atomic E-state index is -1.06. The Labute approximate surface area is 207 Å². The number of benzene rings is 3. The quantitative estimate of drug-likeness (QED) is 0.333. The van der Waals surface area contributed by atoms with Gasteiger partial charge in [-0.1, -0.05) is 66.2 Å². The SMILES string of the molecule is COc1ccc(CC(=NCc2ccccc2)c2c(CC(=O)O)[nH]n(-c3ccccc3Cl)c2=O)cc1. The molecular weight excluding hydrogens is 466 g/mol. The lowest BCUT2D eigenvalue weighted by Gasteiger charge is -2.08. The Bertz CT molecular complexity index is 1410. The Morgan fingerprint density at radius 1 is 0.971 bits per heavy atom. The monoisotopic (exact) mass is 489 g/mol. The zero-order chi connectivity index (χ0) is 24.8. The van der Waals surface area contributed by atoms with E-state index in [-0.39, 0.29) is 17.7 Å². The number of methoxy groups -OCH3 is 1. The van der Waals surface area contributed by atoms with E-state index in [1.807, 2.05) is 54.6 Å². The van der Waals surface area contributed by atoms with Crippen molar-refractivity contribution in [3.8, 4) is 11.4 Å². The summed E-state index contributed by atoms with van der Waals surface area (Å²) in [6.07, 6.45) is -0.0337. The number of aliphatic carboxylic acids is 1. The number of hydrogen-bond donors (Lipinski definition) is 2. The topological polar surface area (TPSA) is 96.7 Å². The molecule has 35 heavy (non-hydrogen) atoms. The summed E-state index contributed by atoms with van der Waals surface area (Å²) >= 11 is 6.34. The lowest BCUT2D eigenvalue weighted by atomic mass is 10.0. The van der Waals surface area contributed by atoms with Crippen molar-refractivity contribution in [3.05, 3.63) is 117 Å². The predicted molar refractivity (Wildman–Crippen MR) is 136 cm³/mol. The van der Waals surface area contributed by atoms with Gasteiger partial charge in [-0.05, 0) is 35.4 Å². The Kier molecular flexibility index (Phi) is 7.48. The maximum atomic E-state index is 13.6. The van der Waals surface area contributed by atoms with Crippen LogP contribution in [0.5, 0.6) is 5.75 Å². The molecule has 0 aliphatic heterocycles. The van der Waals surface area contributed by atoms with Crippen LogP contribution < -0.4 is 10.3 Å². The average Bonchev–Trinajstić information content (AvgIpc) is 3.17. The fraction of sp³-hybridized carbons (Fsp3) is 0.148. The van der Waals surface area contributed by atoms with Gasteiger partial charge in [0.25, 0.3) is 5.56 Å². The van der Waals surface area contributed by atoms with Crippen LogP contribution >= 0.6 is 11.6 Å². The Morgan fingerprint density at radius 2 is 1.66 bits per heavy atom. The van der Waals surface area contributed by atoms with Gasteiger partial charge in [-0.2, -0.15) is 0 Å². The van der Waals surface area contributed by atoms with Crippen molar-refractivity contribution in [2.24, 2.45) is 4.99 Å². The van der Waals surface area contributed by atoms with Gasteiger partial charge < -0.3 is 9.84 Å². The van der Waals surface area contributed by atoms with Crippen LogP contribution in [0.3, 0.4) is 0 Å². The van der Waals surface area contributed by atoms with Crippen molar-refractivity contribution in [1.82, 2.24) is 9.78 Å². The fourth-order valence-corrected chi connectivity index (χ4v) is 4.01. The first-order valence-corrected chi connectivity index (χ1v) is 11.3. The van der Waals surface area contributed by atoms with Gasteiger partial charge in [-0.15, -0.1) is 0 Å². The van der Waals surface area contributed by atoms with Crippen molar-refractivity contribution < 1.29 is 14.6 Å². The highest BCUT2D eigenvalue weighted by Gasteiger charge is 2.23. The first kappa shape index (κ1) is 24.0. The number of carboxylic acids is 1. The normalized spacial score (nSPS) is 11.4. The molecule has 0 aliphatic carbocycles. The molecule has 3 aromatic carbocycles.